The number of hydrogen-bond donors (Lipinski definition) is 1. The summed E-state index contributed by atoms with van der Waals surface area (Å²) < 4.78 is 82.6. The fourth-order valence-electron chi connectivity index (χ4n) is 6.91. The number of carbonyl (C=O) groups is 4. The zero-order valence-corrected chi connectivity index (χ0v) is 29.4. The normalized spacial score (nSPS) is 28.2. The summed E-state index contributed by atoms with van der Waals surface area (Å²) >= 11 is 0. The number of fused-ring (bicyclic) bond motifs is 4. The first-order valence-corrected chi connectivity index (χ1v) is 19.0. The van der Waals surface area contributed by atoms with E-state index in [1.54, 1.807) is 18.2 Å². The third kappa shape index (κ3) is 10.00. The number of allylic oxidation sites excluding steroid dienone is 2. The van der Waals surface area contributed by atoms with Crippen LogP contribution in [0.3, 0.4) is 0 Å². The van der Waals surface area contributed by atoms with Crippen LogP contribution in [0.1, 0.15) is 88.7 Å². The molecule has 15 heteroatoms. The number of halogens is 3. The number of amides is 2. The monoisotopic (exact) mass is 738 g/mol. The van der Waals surface area contributed by atoms with Gasteiger partial charge in [0, 0.05) is 25.3 Å². The van der Waals surface area contributed by atoms with Crippen molar-refractivity contribution in [2.24, 2.45) is 17.3 Å². The Labute approximate surface area is 296 Å². The summed E-state index contributed by atoms with van der Waals surface area (Å²) in [6.45, 7) is 5.58. The number of sulfonamides is 1. The van der Waals surface area contributed by atoms with Gasteiger partial charge in [0.05, 0.1) is 42.4 Å². The lowest BCUT2D eigenvalue weighted by atomic mass is 9.90. The Morgan fingerprint density at radius 3 is 2.63 bits per heavy atom. The van der Waals surface area contributed by atoms with E-state index in [1.165, 1.54) is 23.1 Å². The number of Topliss-reactive ketones (excluding diaryl/α,β-unsaturated/α-hetero) is 1. The molecule has 2 aliphatic heterocycles. The van der Waals surface area contributed by atoms with Crippen molar-refractivity contribution in [1.82, 2.24) is 9.62 Å². The van der Waals surface area contributed by atoms with Crippen molar-refractivity contribution in [1.29, 1.82) is 0 Å². The number of nitrogens with one attached hydrogen (secondary N) is 1. The molecule has 280 valence electrons. The van der Waals surface area contributed by atoms with Gasteiger partial charge in [-0.15, -0.1) is 19.8 Å². The first-order valence-electron chi connectivity index (χ1n) is 17.5. The minimum absolute atomic E-state index is 0.0256. The molecule has 2 heterocycles. The minimum atomic E-state index is -4.92. The molecule has 3 fully saturated rings. The molecule has 4 aliphatic rings. The number of hydrogen-bond acceptors (Lipinski definition) is 9. The molecule has 2 amide bonds. The van der Waals surface area contributed by atoms with Gasteiger partial charge in [0.1, 0.15) is 5.75 Å². The number of ketones is 1. The van der Waals surface area contributed by atoms with E-state index in [4.69, 9.17) is 9.47 Å². The number of cyclic esters (lactones) is 1. The summed E-state index contributed by atoms with van der Waals surface area (Å²) in [7, 11) is -3.88. The molecule has 1 aromatic carbocycles. The zero-order chi connectivity index (χ0) is 37.0. The number of nitrogens with zero attached hydrogens (tertiary/aromatic N) is 1. The van der Waals surface area contributed by atoms with Gasteiger partial charge in [0.25, 0.3) is 0 Å². The van der Waals surface area contributed by atoms with Crippen LogP contribution in [0.5, 0.6) is 5.75 Å². The number of rotatable bonds is 11. The Morgan fingerprint density at radius 1 is 1.20 bits per heavy atom. The van der Waals surface area contributed by atoms with Crippen LogP contribution in [0.15, 0.2) is 36.9 Å². The van der Waals surface area contributed by atoms with Gasteiger partial charge in [-0.25, -0.2) is 8.42 Å². The fraction of sp³-hybridized carbons (Fsp3) is 0.611. The molecule has 51 heavy (non-hydrogen) atoms. The Kier molecular flexibility index (Phi) is 12.0. The second kappa shape index (κ2) is 15.9. The summed E-state index contributed by atoms with van der Waals surface area (Å²) in [4.78, 5) is 56.0. The van der Waals surface area contributed by atoms with Gasteiger partial charge in [-0.05, 0) is 73.8 Å². The van der Waals surface area contributed by atoms with Crippen LogP contribution in [-0.4, -0.2) is 73.8 Å². The van der Waals surface area contributed by atoms with Gasteiger partial charge in [-0.2, -0.15) is 0 Å². The van der Waals surface area contributed by atoms with E-state index in [1.807, 2.05) is 6.92 Å². The average molecular weight is 739 g/mol. The summed E-state index contributed by atoms with van der Waals surface area (Å²) in [6, 6.07) is 3.04. The van der Waals surface area contributed by atoms with Gasteiger partial charge in [-0.3, -0.25) is 23.9 Å². The Balaban J connectivity index is 1.42. The summed E-state index contributed by atoms with van der Waals surface area (Å²) in [6.07, 6.45) is 2.55. The maximum Gasteiger partial charge on any atom is 0.573 e. The molecule has 5 rings (SSSR count). The number of ether oxygens (including phenoxy) is 3. The third-order valence-electron chi connectivity index (χ3n) is 9.94. The highest BCUT2D eigenvalue weighted by molar-refractivity contribution is 7.90. The summed E-state index contributed by atoms with van der Waals surface area (Å²) in [5, 5.41) is -0.645. The molecular weight excluding hydrogens is 693 g/mol. The highest BCUT2D eigenvalue weighted by atomic mass is 32.2. The van der Waals surface area contributed by atoms with Crippen LogP contribution in [0.4, 0.5) is 13.2 Å². The van der Waals surface area contributed by atoms with Crippen molar-refractivity contribution in [2.75, 3.05) is 13.2 Å². The second-order valence-electron chi connectivity index (χ2n) is 14.0. The predicted molar refractivity (Wildman–Crippen MR) is 179 cm³/mol. The Bertz CT molecular complexity index is 1640. The molecule has 0 unspecified atom stereocenters. The molecule has 2 aliphatic carbocycles. The van der Waals surface area contributed by atoms with E-state index in [2.05, 4.69) is 16.0 Å². The van der Waals surface area contributed by atoms with Crippen LogP contribution in [-0.2, 0) is 45.3 Å². The molecule has 5 atom stereocenters. The molecule has 1 aromatic rings. The van der Waals surface area contributed by atoms with Crippen LogP contribution in [0, 0.1) is 17.3 Å². The molecule has 1 N–H and O–H groups in total. The standard InChI is InChI=1S/C36H45F3N2O9S/c1-3-5-10-25-17-32(43)48-13-8-6-7-9-23-14-24(16-27(15-23)50-36(37,38)39)22-49-28-18-30(41(21-28)33(25)44)31(42)20-35(19-26(35)4-2)34(45)40-51(46,47)29-11-12-29/h4,7,9,14-16,25-26,28-30H,2-3,5-6,8,10-13,17-22H2,1H3,(H,40,45)/b9-7+/t25-,26-,28-,30+,35-/m1/s1. The van der Waals surface area contributed by atoms with E-state index in [9.17, 15) is 40.8 Å². The quantitative estimate of drug-likeness (QED) is 0.234. The van der Waals surface area contributed by atoms with Crippen molar-refractivity contribution in [3.05, 3.63) is 48.1 Å². The highest BCUT2D eigenvalue weighted by Crippen LogP contribution is 2.57. The number of unbranched alkanes of at least 4 members (excludes halogenated alkanes) is 1. The topological polar surface area (TPSA) is 145 Å². The van der Waals surface area contributed by atoms with Crippen molar-refractivity contribution < 1.29 is 55.0 Å². The Hall–Kier alpha value is -3.72. The molecule has 4 bridgehead atoms. The van der Waals surface area contributed by atoms with Crippen LogP contribution in [0.2, 0.25) is 0 Å². The summed E-state index contributed by atoms with van der Waals surface area (Å²) in [5.74, 6) is -3.91. The van der Waals surface area contributed by atoms with E-state index in [0.29, 0.717) is 49.7 Å². The minimum Gasteiger partial charge on any atom is -0.466 e. The average Bonchev–Trinajstić information content (AvgIpc) is 3.98. The lowest BCUT2D eigenvalue weighted by Crippen LogP contribution is -2.46. The van der Waals surface area contributed by atoms with E-state index in [-0.39, 0.29) is 45.4 Å². The first kappa shape index (κ1) is 38.5. The molecule has 0 radical (unpaired) electrons. The van der Waals surface area contributed by atoms with Crippen LogP contribution in [0.25, 0.3) is 6.08 Å². The molecule has 11 nitrogen and oxygen atoms in total. The largest absolute Gasteiger partial charge is 0.573 e. The number of carbonyl (C=O) groups excluding carboxylic acids is 4. The lowest BCUT2D eigenvalue weighted by Gasteiger charge is -2.29. The first-order chi connectivity index (χ1) is 24.1. The van der Waals surface area contributed by atoms with Crippen LogP contribution >= 0.6 is 0 Å². The SMILES string of the molecule is C=C[C@@H]1C[C@]1(CC(=O)[C@@H]1C[C@@H]2CN1C(=O)[C@H](CCCC)CC(=O)OCCC/C=C/c1cc(cc(OC(F)(F)F)c1)CO2)C(=O)NS(=O)(=O)C1CC1. The number of benzene rings is 1. The third-order valence-corrected chi connectivity index (χ3v) is 11.8. The van der Waals surface area contributed by atoms with Crippen molar-refractivity contribution in [3.63, 3.8) is 0 Å². The smallest absolute Gasteiger partial charge is 0.466 e. The summed E-state index contributed by atoms with van der Waals surface area (Å²) in [5.41, 5.74) is -0.536. The van der Waals surface area contributed by atoms with E-state index < -0.39 is 80.3 Å². The number of esters is 1. The molecular formula is C36H45F3N2O9S. The molecule has 2 saturated carbocycles. The molecule has 0 aromatic heterocycles. The maximum atomic E-state index is 14.2. The van der Waals surface area contributed by atoms with E-state index >= 15 is 0 Å². The maximum absolute atomic E-state index is 14.2. The zero-order valence-electron chi connectivity index (χ0n) is 28.6. The van der Waals surface area contributed by atoms with Gasteiger partial charge in [0.2, 0.25) is 21.8 Å². The fourth-order valence-corrected chi connectivity index (χ4v) is 8.30. The van der Waals surface area contributed by atoms with Gasteiger partial charge >= 0.3 is 12.3 Å². The van der Waals surface area contributed by atoms with Gasteiger partial charge in [-0.1, -0.05) is 38.0 Å². The van der Waals surface area contributed by atoms with Gasteiger partial charge < -0.3 is 19.1 Å². The van der Waals surface area contributed by atoms with Crippen molar-refractivity contribution in [3.8, 4) is 5.75 Å². The Morgan fingerprint density at radius 2 is 1.96 bits per heavy atom. The van der Waals surface area contributed by atoms with Crippen molar-refractivity contribution >= 4 is 39.7 Å². The van der Waals surface area contributed by atoms with Gasteiger partial charge in [0.15, 0.2) is 5.78 Å². The highest BCUT2D eigenvalue weighted by Gasteiger charge is 2.61. The molecule has 0 spiro atoms. The molecule has 1 saturated heterocycles. The van der Waals surface area contributed by atoms with Crippen LogP contribution < -0.4 is 9.46 Å². The predicted octanol–water partition coefficient (Wildman–Crippen LogP) is 5.38. The number of alkyl halides is 3. The van der Waals surface area contributed by atoms with Crippen molar-refractivity contribution in [2.45, 2.75) is 108 Å². The lowest BCUT2D eigenvalue weighted by molar-refractivity contribution is -0.274. The second-order valence-corrected chi connectivity index (χ2v) is 15.9. The van der Waals surface area contributed by atoms with E-state index in [0.717, 1.165) is 6.42 Å².